The highest BCUT2D eigenvalue weighted by atomic mass is 14.4. The molecule has 0 aliphatic heterocycles. The first-order valence-electron chi connectivity index (χ1n) is 6.56. The predicted molar refractivity (Wildman–Crippen MR) is 71.5 cm³/mol. The highest BCUT2D eigenvalue weighted by Gasteiger charge is 2.33. The van der Waals surface area contributed by atoms with E-state index >= 15 is 0 Å². The first-order chi connectivity index (χ1) is 8.36. The Morgan fingerprint density at radius 3 is 2.41 bits per heavy atom. The summed E-state index contributed by atoms with van der Waals surface area (Å²) in [6, 6.07) is 0. The van der Waals surface area contributed by atoms with Gasteiger partial charge in [-0.15, -0.1) is 0 Å². The van der Waals surface area contributed by atoms with Crippen LogP contribution in [-0.4, -0.2) is 0 Å². The molecule has 84 valence electrons. The van der Waals surface area contributed by atoms with Gasteiger partial charge >= 0.3 is 0 Å². The van der Waals surface area contributed by atoms with E-state index in [2.05, 4.69) is 43.4 Å². The van der Waals surface area contributed by atoms with Crippen LogP contribution < -0.4 is 0 Å². The molecule has 4 aliphatic rings. The summed E-state index contributed by atoms with van der Waals surface area (Å²) in [6.45, 7) is 2.34. The Kier molecular flexibility index (Phi) is 1.80. The summed E-state index contributed by atoms with van der Waals surface area (Å²) < 4.78 is 0. The Hall–Kier alpha value is -1.56. The highest BCUT2D eigenvalue weighted by Crippen LogP contribution is 2.51. The van der Waals surface area contributed by atoms with Crippen LogP contribution in [0.5, 0.6) is 0 Å². The summed E-state index contributed by atoms with van der Waals surface area (Å²) in [7, 11) is 0. The number of hydrogen-bond acceptors (Lipinski definition) is 0. The van der Waals surface area contributed by atoms with E-state index in [1.54, 1.807) is 27.9 Å². The largest absolute Gasteiger partial charge is 0.0835 e. The minimum Gasteiger partial charge on any atom is -0.0835 e. The predicted octanol–water partition coefficient (Wildman–Crippen LogP) is 4.41. The van der Waals surface area contributed by atoms with E-state index in [4.69, 9.17) is 0 Å². The number of allylic oxidation sites excluding steroid dienone is 12. The molecule has 0 heterocycles. The summed E-state index contributed by atoms with van der Waals surface area (Å²) in [4.78, 5) is 0. The van der Waals surface area contributed by atoms with Gasteiger partial charge in [0.15, 0.2) is 0 Å². The standard InChI is InChI=1S/C17H16/c1-11-5-2-8-13-14-9-3-6-12-7-4-10-15(16(11)13)17(12)14/h2-7,11H,8-10H2,1H3. The fraction of sp³-hybridized carbons (Fsp3) is 0.294. The van der Waals surface area contributed by atoms with Gasteiger partial charge in [-0.3, -0.25) is 0 Å². The van der Waals surface area contributed by atoms with Crippen LogP contribution in [0.25, 0.3) is 0 Å². The molecule has 0 bridgehead atoms. The maximum Gasteiger partial charge on any atom is -0.000431 e. The zero-order valence-corrected chi connectivity index (χ0v) is 10.2. The van der Waals surface area contributed by atoms with E-state index < -0.39 is 0 Å². The Morgan fingerprint density at radius 1 is 0.882 bits per heavy atom. The second-order valence-electron chi connectivity index (χ2n) is 5.31. The highest BCUT2D eigenvalue weighted by molar-refractivity contribution is 5.73. The van der Waals surface area contributed by atoms with Crippen LogP contribution in [0.4, 0.5) is 0 Å². The molecule has 4 aliphatic carbocycles. The SMILES string of the molecule is CC1C=CCC2=C3CC=CC4=C3C(=C21)CC=C4. The zero-order chi connectivity index (χ0) is 11.4. The molecule has 17 heavy (non-hydrogen) atoms. The Balaban J connectivity index is 2.04. The molecule has 0 amide bonds. The lowest BCUT2D eigenvalue weighted by atomic mass is 9.84. The Morgan fingerprint density at radius 2 is 1.59 bits per heavy atom. The molecule has 0 nitrogen and oxygen atoms in total. The summed E-state index contributed by atoms with van der Waals surface area (Å²) in [5.74, 6) is 0.604. The molecular weight excluding hydrogens is 204 g/mol. The number of fused-ring (bicyclic) bond motifs is 1. The quantitative estimate of drug-likeness (QED) is 0.531. The molecule has 4 rings (SSSR count). The average molecular weight is 220 g/mol. The van der Waals surface area contributed by atoms with Gasteiger partial charge in [0.25, 0.3) is 0 Å². The van der Waals surface area contributed by atoms with Crippen LogP contribution in [0.2, 0.25) is 0 Å². The van der Waals surface area contributed by atoms with Crippen molar-refractivity contribution in [3.05, 3.63) is 69.9 Å². The minimum atomic E-state index is 0.604. The van der Waals surface area contributed by atoms with Crippen molar-refractivity contribution in [2.75, 3.05) is 0 Å². The normalized spacial score (nSPS) is 29.1. The maximum absolute atomic E-state index is 2.37. The molecule has 0 aromatic carbocycles. The first kappa shape index (κ1) is 9.47. The van der Waals surface area contributed by atoms with Crippen molar-refractivity contribution in [1.82, 2.24) is 0 Å². The summed E-state index contributed by atoms with van der Waals surface area (Å²) in [5.41, 5.74) is 9.53. The summed E-state index contributed by atoms with van der Waals surface area (Å²) in [5, 5.41) is 0. The average Bonchev–Trinajstić information content (AvgIpc) is 2.69. The van der Waals surface area contributed by atoms with E-state index in [1.165, 1.54) is 5.57 Å². The first-order valence-corrected chi connectivity index (χ1v) is 6.56. The molecule has 0 radical (unpaired) electrons. The molecule has 1 unspecified atom stereocenters. The van der Waals surface area contributed by atoms with E-state index in [0.29, 0.717) is 5.92 Å². The van der Waals surface area contributed by atoms with Gasteiger partial charge in [-0.2, -0.15) is 0 Å². The fourth-order valence-corrected chi connectivity index (χ4v) is 3.70. The molecule has 0 heteroatoms. The van der Waals surface area contributed by atoms with Gasteiger partial charge in [-0.25, -0.2) is 0 Å². The molecule has 0 spiro atoms. The third-order valence-electron chi connectivity index (χ3n) is 4.35. The van der Waals surface area contributed by atoms with Crippen molar-refractivity contribution in [3.8, 4) is 0 Å². The zero-order valence-electron chi connectivity index (χ0n) is 10.2. The summed E-state index contributed by atoms with van der Waals surface area (Å²) >= 11 is 0. The van der Waals surface area contributed by atoms with Crippen molar-refractivity contribution in [1.29, 1.82) is 0 Å². The smallest absolute Gasteiger partial charge is 0.000431 e. The van der Waals surface area contributed by atoms with Gasteiger partial charge in [0.05, 0.1) is 0 Å². The van der Waals surface area contributed by atoms with Crippen LogP contribution in [0.1, 0.15) is 26.2 Å². The molecule has 0 N–H and O–H groups in total. The monoisotopic (exact) mass is 220 g/mol. The Labute approximate surface area is 102 Å². The lowest BCUT2D eigenvalue weighted by Gasteiger charge is -2.20. The van der Waals surface area contributed by atoms with E-state index in [1.807, 2.05) is 0 Å². The molecule has 0 saturated heterocycles. The third kappa shape index (κ3) is 1.13. The molecule has 0 aromatic heterocycles. The maximum atomic E-state index is 2.37. The second-order valence-corrected chi connectivity index (χ2v) is 5.31. The van der Waals surface area contributed by atoms with Crippen LogP contribution in [0.3, 0.4) is 0 Å². The van der Waals surface area contributed by atoms with Crippen LogP contribution in [0, 0.1) is 5.92 Å². The van der Waals surface area contributed by atoms with Crippen molar-refractivity contribution in [3.63, 3.8) is 0 Å². The minimum absolute atomic E-state index is 0.604. The van der Waals surface area contributed by atoms with Gasteiger partial charge in [0.2, 0.25) is 0 Å². The molecule has 0 aromatic rings. The van der Waals surface area contributed by atoms with Crippen molar-refractivity contribution >= 4 is 0 Å². The van der Waals surface area contributed by atoms with Crippen LogP contribution >= 0.6 is 0 Å². The van der Waals surface area contributed by atoms with Gasteiger partial charge in [-0.05, 0) is 58.6 Å². The third-order valence-corrected chi connectivity index (χ3v) is 4.35. The van der Waals surface area contributed by atoms with Crippen molar-refractivity contribution in [2.24, 2.45) is 5.92 Å². The summed E-state index contributed by atoms with van der Waals surface area (Å²) in [6.07, 6.45) is 17.4. The van der Waals surface area contributed by atoms with Crippen LogP contribution in [-0.2, 0) is 0 Å². The lowest BCUT2D eigenvalue weighted by molar-refractivity contribution is 0.822. The van der Waals surface area contributed by atoms with Gasteiger partial charge < -0.3 is 0 Å². The Bertz CT molecular complexity index is 582. The van der Waals surface area contributed by atoms with Crippen LogP contribution in [0.15, 0.2) is 69.9 Å². The number of hydrogen-bond donors (Lipinski definition) is 0. The second kappa shape index (κ2) is 3.22. The van der Waals surface area contributed by atoms with Gasteiger partial charge in [0, 0.05) is 0 Å². The fourth-order valence-electron chi connectivity index (χ4n) is 3.70. The molecule has 1 atom stereocenters. The van der Waals surface area contributed by atoms with Gasteiger partial charge in [0.1, 0.15) is 0 Å². The lowest BCUT2D eigenvalue weighted by Crippen LogP contribution is -2.04. The van der Waals surface area contributed by atoms with E-state index in [-0.39, 0.29) is 0 Å². The molecule has 0 saturated carbocycles. The molecule has 0 fully saturated rings. The van der Waals surface area contributed by atoms with E-state index in [9.17, 15) is 0 Å². The number of rotatable bonds is 0. The van der Waals surface area contributed by atoms with Gasteiger partial charge in [-0.1, -0.05) is 43.4 Å². The van der Waals surface area contributed by atoms with E-state index in [0.717, 1.165) is 19.3 Å². The van der Waals surface area contributed by atoms with Crippen molar-refractivity contribution < 1.29 is 0 Å². The topological polar surface area (TPSA) is 0 Å². The van der Waals surface area contributed by atoms with Crippen molar-refractivity contribution in [2.45, 2.75) is 26.2 Å². The molecular formula is C17H16.